The van der Waals surface area contributed by atoms with E-state index in [0.29, 0.717) is 54.6 Å². The second kappa shape index (κ2) is 19.7. The van der Waals surface area contributed by atoms with Gasteiger partial charge in [0.1, 0.15) is 5.75 Å². The molecule has 1 aliphatic heterocycles. The molecule has 0 aliphatic carbocycles. The fraction of sp³-hybridized carbons (Fsp3) is 0.486. The number of sulfonamides is 1. The van der Waals surface area contributed by atoms with Crippen LogP contribution in [0.15, 0.2) is 71.6 Å². The average Bonchev–Trinajstić information content (AvgIpc) is 3.10. The summed E-state index contributed by atoms with van der Waals surface area (Å²) in [6.07, 6.45) is 6.43. The number of unbranched alkanes of at least 4 members (excludes halogenated alkanes) is 4. The van der Waals surface area contributed by atoms with E-state index >= 15 is 0 Å². The Labute approximate surface area is 285 Å². The van der Waals surface area contributed by atoms with E-state index < -0.39 is 22.1 Å². The van der Waals surface area contributed by atoms with Crippen LogP contribution >= 0.6 is 0 Å². The average molecular weight is 683 g/mol. The molecule has 1 fully saturated rings. The van der Waals surface area contributed by atoms with Crippen LogP contribution in [0.5, 0.6) is 5.75 Å². The van der Waals surface area contributed by atoms with Gasteiger partial charge in [0, 0.05) is 50.9 Å². The molecule has 0 bridgehead atoms. The van der Waals surface area contributed by atoms with Crippen molar-refractivity contribution < 1.29 is 37.6 Å². The fourth-order valence-electron chi connectivity index (χ4n) is 5.69. The monoisotopic (exact) mass is 682 g/mol. The number of nitrogens with zero attached hydrogens (tertiary/aromatic N) is 1. The first kappa shape index (κ1) is 37.7. The summed E-state index contributed by atoms with van der Waals surface area (Å²) in [7, 11) is -3.59. The SMILES string of the molecule is CC(=O)Oc1ccc(C(O)CNCCCCCCOCCCCc2ccc(-c3ccccc3S(=O)(=O)N3CCOCC3)cc2)cc1CO. The number of esters is 1. The molecule has 3 N–H and O–H groups in total. The predicted molar refractivity (Wildman–Crippen MR) is 185 cm³/mol. The molecule has 1 atom stereocenters. The zero-order chi connectivity index (χ0) is 34.2. The first-order valence-corrected chi connectivity index (χ1v) is 18.4. The number of nitrogens with one attached hydrogen (secondary N) is 1. The number of carbonyl (C=O) groups excluding carboxylic acids is 1. The minimum Gasteiger partial charge on any atom is -0.426 e. The molecule has 0 spiro atoms. The van der Waals surface area contributed by atoms with Gasteiger partial charge in [0.2, 0.25) is 10.0 Å². The van der Waals surface area contributed by atoms with Crippen molar-refractivity contribution in [3.8, 4) is 16.9 Å². The number of morpholine rings is 1. The number of aliphatic hydroxyl groups is 2. The molecule has 10 nitrogen and oxygen atoms in total. The van der Waals surface area contributed by atoms with Gasteiger partial charge in [0.15, 0.2) is 0 Å². The van der Waals surface area contributed by atoms with Gasteiger partial charge in [0.25, 0.3) is 0 Å². The smallest absolute Gasteiger partial charge is 0.308 e. The number of carbonyl (C=O) groups is 1. The Morgan fingerprint density at radius 3 is 2.38 bits per heavy atom. The largest absolute Gasteiger partial charge is 0.426 e. The van der Waals surface area contributed by atoms with Crippen molar-refractivity contribution in [3.63, 3.8) is 0 Å². The maximum absolute atomic E-state index is 13.3. The molecule has 0 amide bonds. The van der Waals surface area contributed by atoms with Gasteiger partial charge in [-0.2, -0.15) is 4.31 Å². The third-order valence-electron chi connectivity index (χ3n) is 8.37. The minimum absolute atomic E-state index is 0.278. The van der Waals surface area contributed by atoms with E-state index in [-0.39, 0.29) is 6.61 Å². The Morgan fingerprint density at radius 1 is 0.938 bits per heavy atom. The standard InChI is InChI=1S/C37H50N2O8S/c1-29(41)47-36-18-17-32(26-33(36)28-40)35(42)27-38-19-7-2-3-8-22-45-23-9-6-10-30-13-15-31(16-14-30)34-11-4-5-12-37(34)48(43,44)39-20-24-46-25-21-39/h4-5,11-18,26,35,38,40,42H,2-3,6-10,19-25,27-28H2,1H3. The van der Waals surface area contributed by atoms with E-state index in [0.717, 1.165) is 75.8 Å². The zero-order valence-corrected chi connectivity index (χ0v) is 28.8. The normalized spacial score (nSPS) is 14.6. The highest BCUT2D eigenvalue weighted by Crippen LogP contribution is 2.30. The second-order valence-electron chi connectivity index (χ2n) is 12.0. The molecule has 1 aliphatic rings. The lowest BCUT2D eigenvalue weighted by Gasteiger charge is -2.27. The van der Waals surface area contributed by atoms with Gasteiger partial charge in [-0.25, -0.2) is 8.42 Å². The summed E-state index contributed by atoms with van der Waals surface area (Å²) >= 11 is 0. The van der Waals surface area contributed by atoms with Crippen molar-refractivity contribution in [1.82, 2.24) is 9.62 Å². The third kappa shape index (κ3) is 11.5. The molecule has 0 aromatic heterocycles. The first-order chi connectivity index (χ1) is 23.3. The summed E-state index contributed by atoms with van der Waals surface area (Å²) in [6.45, 7) is 5.31. The molecule has 262 valence electrons. The molecular formula is C37H50N2O8S. The van der Waals surface area contributed by atoms with Crippen molar-refractivity contribution in [2.75, 3.05) is 52.6 Å². The quantitative estimate of drug-likeness (QED) is 0.0854. The molecule has 3 aromatic carbocycles. The summed E-state index contributed by atoms with van der Waals surface area (Å²) < 4.78 is 44.4. The lowest BCUT2D eigenvalue weighted by atomic mass is 10.0. The first-order valence-electron chi connectivity index (χ1n) is 16.9. The number of aliphatic hydroxyl groups excluding tert-OH is 2. The Hall–Kier alpha value is -3.16. The molecule has 0 radical (unpaired) electrons. The lowest BCUT2D eigenvalue weighted by Crippen LogP contribution is -2.40. The molecule has 0 saturated carbocycles. The third-order valence-corrected chi connectivity index (χ3v) is 10.3. The van der Waals surface area contributed by atoms with E-state index in [4.69, 9.17) is 14.2 Å². The van der Waals surface area contributed by atoms with Crippen LogP contribution in [0.25, 0.3) is 11.1 Å². The van der Waals surface area contributed by atoms with Crippen LogP contribution in [0, 0.1) is 0 Å². The Kier molecular flexibility index (Phi) is 15.5. The van der Waals surface area contributed by atoms with Gasteiger partial charge in [-0.3, -0.25) is 4.79 Å². The van der Waals surface area contributed by atoms with Crippen LogP contribution in [0.3, 0.4) is 0 Å². The van der Waals surface area contributed by atoms with E-state index in [1.165, 1.54) is 16.8 Å². The van der Waals surface area contributed by atoms with E-state index in [9.17, 15) is 23.4 Å². The van der Waals surface area contributed by atoms with Crippen molar-refractivity contribution in [2.45, 2.75) is 69.5 Å². The van der Waals surface area contributed by atoms with Gasteiger partial charge >= 0.3 is 5.97 Å². The number of rotatable bonds is 20. The van der Waals surface area contributed by atoms with Crippen LogP contribution in [-0.2, 0) is 37.3 Å². The second-order valence-corrected chi connectivity index (χ2v) is 13.9. The highest BCUT2D eigenvalue weighted by molar-refractivity contribution is 7.89. The molecule has 1 heterocycles. The van der Waals surface area contributed by atoms with Crippen LogP contribution < -0.4 is 10.1 Å². The van der Waals surface area contributed by atoms with Crippen LogP contribution in [-0.4, -0.2) is 81.5 Å². The van der Waals surface area contributed by atoms with Gasteiger partial charge in [0.05, 0.1) is 30.8 Å². The molecule has 1 unspecified atom stereocenters. The van der Waals surface area contributed by atoms with Crippen LogP contribution in [0.4, 0.5) is 0 Å². The Bertz CT molecular complexity index is 1520. The van der Waals surface area contributed by atoms with Crippen molar-refractivity contribution in [1.29, 1.82) is 0 Å². The topological polar surface area (TPSA) is 135 Å². The van der Waals surface area contributed by atoms with E-state index in [2.05, 4.69) is 17.4 Å². The van der Waals surface area contributed by atoms with Crippen molar-refractivity contribution in [2.24, 2.45) is 0 Å². The maximum atomic E-state index is 13.3. The molecule has 4 rings (SSSR count). The lowest BCUT2D eigenvalue weighted by molar-refractivity contribution is -0.131. The molecule has 3 aromatic rings. The maximum Gasteiger partial charge on any atom is 0.308 e. The highest BCUT2D eigenvalue weighted by Gasteiger charge is 2.28. The van der Waals surface area contributed by atoms with Crippen molar-refractivity contribution >= 4 is 16.0 Å². The summed E-state index contributed by atoms with van der Waals surface area (Å²) in [5.41, 5.74) is 3.96. The summed E-state index contributed by atoms with van der Waals surface area (Å²) in [5.74, 6) is -0.149. The Morgan fingerprint density at radius 2 is 1.65 bits per heavy atom. The number of hydrogen-bond donors (Lipinski definition) is 3. The molecule has 48 heavy (non-hydrogen) atoms. The van der Waals surface area contributed by atoms with Crippen molar-refractivity contribution in [3.05, 3.63) is 83.4 Å². The highest BCUT2D eigenvalue weighted by atomic mass is 32.2. The summed E-state index contributed by atoms with van der Waals surface area (Å²) in [4.78, 5) is 11.5. The number of aryl methyl sites for hydroxylation is 1. The van der Waals surface area contributed by atoms with Gasteiger partial charge < -0.3 is 29.7 Å². The fourth-order valence-corrected chi connectivity index (χ4v) is 7.31. The van der Waals surface area contributed by atoms with Gasteiger partial charge in [-0.1, -0.05) is 61.4 Å². The van der Waals surface area contributed by atoms with E-state index in [1.54, 1.807) is 30.3 Å². The molecular weight excluding hydrogens is 632 g/mol. The summed E-state index contributed by atoms with van der Waals surface area (Å²) in [6, 6.07) is 20.4. The number of hydrogen-bond acceptors (Lipinski definition) is 9. The predicted octanol–water partition coefficient (Wildman–Crippen LogP) is 5.02. The Balaban J connectivity index is 1.04. The van der Waals surface area contributed by atoms with E-state index in [1.807, 2.05) is 24.3 Å². The van der Waals surface area contributed by atoms with Crippen LogP contribution in [0.2, 0.25) is 0 Å². The van der Waals surface area contributed by atoms with Crippen LogP contribution in [0.1, 0.15) is 68.2 Å². The number of ether oxygens (including phenoxy) is 3. The minimum atomic E-state index is -3.59. The number of benzene rings is 3. The molecule has 1 saturated heterocycles. The summed E-state index contributed by atoms with van der Waals surface area (Å²) in [5, 5.41) is 23.3. The van der Waals surface area contributed by atoms with Gasteiger partial charge in [-0.15, -0.1) is 0 Å². The molecule has 11 heteroatoms. The van der Waals surface area contributed by atoms with Gasteiger partial charge in [-0.05, 0) is 73.5 Å². The zero-order valence-electron chi connectivity index (χ0n) is 27.9.